The third-order valence-corrected chi connectivity index (χ3v) is 5.68. The van der Waals surface area contributed by atoms with Crippen molar-refractivity contribution < 1.29 is 32.3 Å². The second kappa shape index (κ2) is 8.38. The summed E-state index contributed by atoms with van der Waals surface area (Å²) >= 11 is 0. The summed E-state index contributed by atoms with van der Waals surface area (Å²) in [5.74, 6) is -1.27. The van der Waals surface area contributed by atoms with Crippen LogP contribution in [-0.2, 0) is 17.5 Å². The van der Waals surface area contributed by atoms with Gasteiger partial charge in [-0.25, -0.2) is 0 Å². The summed E-state index contributed by atoms with van der Waals surface area (Å²) in [5, 5.41) is 0. The van der Waals surface area contributed by atoms with Crippen molar-refractivity contribution in [3.8, 4) is 0 Å². The van der Waals surface area contributed by atoms with E-state index < -0.39 is 29.5 Å². The van der Waals surface area contributed by atoms with Gasteiger partial charge in [0.2, 0.25) is 0 Å². The van der Waals surface area contributed by atoms with Crippen LogP contribution < -0.4 is 0 Å². The average molecular weight is 446 g/mol. The Morgan fingerprint density at radius 1 is 1.09 bits per heavy atom. The highest BCUT2D eigenvalue weighted by Gasteiger charge is 2.38. The molecule has 3 amide bonds. The van der Waals surface area contributed by atoms with Crippen molar-refractivity contribution in [1.29, 1.82) is 0 Å². The Hall–Kier alpha value is -3.20. The highest BCUT2D eigenvalue weighted by atomic mass is 19.4. The van der Waals surface area contributed by atoms with Crippen LogP contribution in [0, 0.1) is 0 Å². The molecular formula is C23H21F3N2O4. The lowest BCUT2D eigenvalue weighted by atomic mass is 10.0. The number of carbonyl (C=O) groups is 3. The van der Waals surface area contributed by atoms with Gasteiger partial charge >= 0.3 is 6.18 Å². The number of imide groups is 1. The molecule has 0 aromatic heterocycles. The molecular weight excluding hydrogens is 425 g/mol. The molecule has 0 spiro atoms. The number of hydrogen-bond donors (Lipinski definition) is 0. The standard InChI is InChI=1S/C23H21F3N2O4/c1-27(12-14-4-7-16(8-5-14)23(24,25)26)20(29)15-6-9-18-19(11-15)22(31)28(21(18)30)13-17-3-2-10-32-17/h4-9,11,17H,2-3,10,12-13H2,1H3. The molecule has 1 atom stereocenters. The third kappa shape index (κ3) is 4.25. The Balaban J connectivity index is 1.47. The monoisotopic (exact) mass is 446 g/mol. The van der Waals surface area contributed by atoms with Crippen LogP contribution in [0.4, 0.5) is 13.2 Å². The van der Waals surface area contributed by atoms with E-state index in [2.05, 4.69) is 0 Å². The van der Waals surface area contributed by atoms with E-state index in [0.717, 1.165) is 29.9 Å². The second-order valence-electron chi connectivity index (χ2n) is 7.97. The average Bonchev–Trinajstić information content (AvgIpc) is 3.36. The van der Waals surface area contributed by atoms with Gasteiger partial charge in [0.15, 0.2) is 0 Å². The SMILES string of the molecule is CN(Cc1ccc(C(F)(F)F)cc1)C(=O)c1ccc2c(c1)C(=O)N(CC1CCCO1)C2=O. The first-order valence-corrected chi connectivity index (χ1v) is 10.2. The number of halogens is 3. The Labute approximate surface area is 182 Å². The van der Waals surface area contributed by atoms with E-state index in [1.807, 2.05) is 0 Å². The molecule has 1 saturated heterocycles. The van der Waals surface area contributed by atoms with E-state index in [-0.39, 0.29) is 35.9 Å². The lowest BCUT2D eigenvalue weighted by Crippen LogP contribution is -2.36. The van der Waals surface area contributed by atoms with Crippen LogP contribution in [0.5, 0.6) is 0 Å². The van der Waals surface area contributed by atoms with Gasteiger partial charge in [-0.2, -0.15) is 13.2 Å². The van der Waals surface area contributed by atoms with Gasteiger partial charge in [-0.05, 0) is 48.7 Å². The number of amides is 3. The topological polar surface area (TPSA) is 66.9 Å². The fraction of sp³-hybridized carbons (Fsp3) is 0.348. The van der Waals surface area contributed by atoms with Gasteiger partial charge in [0.25, 0.3) is 17.7 Å². The number of alkyl halides is 3. The van der Waals surface area contributed by atoms with Crippen LogP contribution in [0.25, 0.3) is 0 Å². The van der Waals surface area contributed by atoms with Crippen LogP contribution in [0.1, 0.15) is 55.0 Å². The highest BCUT2D eigenvalue weighted by Crippen LogP contribution is 2.29. The summed E-state index contributed by atoms with van der Waals surface area (Å²) in [6, 6.07) is 8.92. The van der Waals surface area contributed by atoms with Crippen molar-refractivity contribution in [3.63, 3.8) is 0 Å². The molecule has 2 aromatic rings. The quantitative estimate of drug-likeness (QED) is 0.657. The number of nitrogens with zero attached hydrogens (tertiary/aromatic N) is 2. The summed E-state index contributed by atoms with van der Waals surface area (Å²) < 4.78 is 43.7. The molecule has 0 bridgehead atoms. The molecule has 1 unspecified atom stereocenters. The highest BCUT2D eigenvalue weighted by molar-refractivity contribution is 6.22. The minimum absolute atomic E-state index is 0.0894. The number of carbonyl (C=O) groups excluding carboxylic acids is 3. The van der Waals surface area contributed by atoms with E-state index in [1.165, 1.54) is 42.3 Å². The molecule has 0 N–H and O–H groups in total. The number of rotatable bonds is 5. The number of benzene rings is 2. The molecule has 1 fully saturated rings. The minimum Gasteiger partial charge on any atom is -0.376 e. The fourth-order valence-electron chi connectivity index (χ4n) is 3.95. The lowest BCUT2D eigenvalue weighted by Gasteiger charge is -2.18. The Morgan fingerprint density at radius 3 is 2.41 bits per heavy atom. The fourth-order valence-corrected chi connectivity index (χ4v) is 3.95. The molecule has 2 aliphatic rings. The maximum atomic E-state index is 12.8. The van der Waals surface area contributed by atoms with Crippen molar-refractivity contribution in [3.05, 3.63) is 70.3 Å². The second-order valence-corrected chi connectivity index (χ2v) is 7.97. The van der Waals surface area contributed by atoms with Crippen LogP contribution in [0.15, 0.2) is 42.5 Å². The van der Waals surface area contributed by atoms with E-state index >= 15 is 0 Å². The predicted octanol–water partition coefficient (Wildman–Crippen LogP) is 3.75. The first kappa shape index (κ1) is 22.0. The minimum atomic E-state index is -4.42. The Bertz CT molecular complexity index is 1060. The lowest BCUT2D eigenvalue weighted by molar-refractivity contribution is -0.137. The van der Waals surface area contributed by atoms with E-state index in [1.54, 1.807) is 0 Å². The Morgan fingerprint density at radius 2 is 1.78 bits per heavy atom. The van der Waals surface area contributed by atoms with Crippen molar-refractivity contribution >= 4 is 17.7 Å². The van der Waals surface area contributed by atoms with Crippen LogP contribution in [0.2, 0.25) is 0 Å². The molecule has 0 aliphatic carbocycles. The van der Waals surface area contributed by atoms with Crippen molar-refractivity contribution in [2.24, 2.45) is 0 Å². The van der Waals surface area contributed by atoms with E-state index in [9.17, 15) is 27.6 Å². The molecule has 32 heavy (non-hydrogen) atoms. The molecule has 0 saturated carbocycles. The molecule has 6 nitrogen and oxygen atoms in total. The summed E-state index contributed by atoms with van der Waals surface area (Å²) in [6.45, 7) is 0.882. The van der Waals surface area contributed by atoms with Crippen molar-refractivity contribution in [1.82, 2.24) is 9.80 Å². The molecule has 0 radical (unpaired) electrons. The Kier molecular flexibility index (Phi) is 5.77. The van der Waals surface area contributed by atoms with Crippen molar-refractivity contribution in [2.45, 2.75) is 31.7 Å². The third-order valence-electron chi connectivity index (χ3n) is 5.68. The van der Waals surface area contributed by atoms with Crippen LogP contribution in [0.3, 0.4) is 0 Å². The zero-order valence-corrected chi connectivity index (χ0v) is 17.3. The molecule has 4 rings (SSSR count). The number of ether oxygens (including phenoxy) is 1. The van der Waals surface area contributed by atoms with Crippen LogP contribution >= 0.6 is 0 Å². The van der Waals surface area contributed by atoms with Gasteiger partial charge in [0.1, 0.15) is 0 Å². The first-order valence-electron chi connectivity index (χ1n) is 10.2. The van der Waals surface area contributed by atoms with E-state index in [0.29, 0.717) is 12.2 Å². The van der Waals surface area contributed by atoms with Gasteiger partial charge in [0, 0.05) is 25.8 Å². The van der Waals surface area contributed by atoms with Gasteiger partial charge in [-0.15, -0.1) is 0 Å². The van der Waals surface area contributed by atoms with Gasteiger partial charge in [0.05, 0.1) is 29.3 Å². The molecule has 168 valence electrons. The zero-order valence-electron chi connectivity index (χ0n) is 17.3. The summed E-state index contributed by atoms with van der Waals surface area (Å²) in [6.07, 6.45) is -2.93. The summed E-state index contributed by atoms with van der Waals surface area (Å²) in [5.41, 5.74) is 0.406. The van der Waals surface area contributed by atoms with Crippen LogP contribution in [-0.4, -0.2) is 53.8 Å². The maximum absolute atomic E-state index is 12.8. The van der Waals surface area contributed by atoms with E-state index in [4.69, 9.17) is 4.74 Å². The summed E-state index contributed by atoms with van der Waals surface area (Å²) in [4.78, 5) is 40.7. The van der Waals surface area contributed by atoms with Gasteiger partial charge in [-0.3, -0.25) is 19.3 Å². The smallest absolute Gasteiger partial charge is 0.376 e. The van der Waals surface area contributed by atoms with Gasteiger partial charge in [-0.1, -0.05) is 12.1 Å². The van der Waals surface area contributed by atoms with Crippen molar-refractivity contribution in [2.75, 3.05) is 20.2 Å². The zero-order chi connectivity index (χ0) is 23.0. The number of hydrogen-bond acceptors (Lipinski definition) is 4. The normalized spacial score (nSPS) is 18.2. The molecule has 2 aliphatic heterocycles. The maximum Gasteiger partial charge on any atom is 0.416 e. The molecule has 9 heteroatoms. The van der Waals surface area contributed by atoms with Gasteiger partial charge < -0.3 is 9.64 Å². The number of fused-ring (bicyclic) bond motifs is 1. The molecule has 2 aromatic carbocycles. The first-order chi connectivity index (χ1) is 15.1. The summed E-state index contributed by atoms with van der Waals surface area (Å²) in [7, 11) is 1.52. The molecule has 2 heterocycles. The predicted molar refractivity (Wildman–Crippen MR) is 108 cm³/mol. The largest absolute Gasteiger partial charge is 0.416 e.